The number of oxazole rings is 1. The maximum absolute atomic E-state index is 13.4. The largest absolute Gasteiger partial charge is 0.423 e. The van der Waals surface area contributed by atoms with Crippen LogP contribution in [0.1, 0.15) is 16.7 Å². The van der Waals surface area contributed by atoms with Crippen molar-refractivity contribution < 1.29 is 21.3 Å². The SMILES string of the molecule is Cc1ccc(-c2nc(S(=O)(=O)c3ccc(C)cc3)c(S(=O)(=O)c3ccc(C)cc3)o2)cc1. The minimum absolute atomic E-state index is 0.0628. The van der Waals surface area contributed by atoms with Gasteiger partial charge in [-0.05, 0) is 57.2 Å². The van der Waals surface area contributed by atoms with E-state index < -0.39 is 29.8 Å². The average Bonchev–Trinajstić information content (AvgIpc) is 3.22. The lowest BCUT2D eigenvalue weighted by atomic mass is 10.1. The molecule has 0 radical (unpaired) electrons. The smallest absolute Gasteiger partial charge is 0.263 e. The van der Waals surface area contributed by atoms with Gasteiger partial charge in [0, 0.05) is 5.56 Å². The highest BCUT2D eigenvalue weighted by Crippen LogP contribution is 2.35. The number of hydrogen-bond donors (Lipinski definition) is 0. The first kappa shape index (κ1) is 22.0. The molecule has 0 amide bonds. The quantitative estimate of drug-likeness (QED) is 0.413. The second-order valence-corrected chi connectivity index (χ2v) is 11.3. The molecule has 1 aromatic heterocycles. The molecule has 0 spiro atoms. The van der Waals surface area contributed by atoms with E-state index in [2.05, 4.69) is 4.98 Å². The molecular formula is C24H21NO5S2. The highest BCUT2D eigenvalue weighted by atomic mass is 32.2. The van der Waals surface area contributed by atoms with Gasteiger partial charge in [-0.3, -0.25) is 0 Å². The number of hydrogen-bond acceptors (Lipinski definition) is 6. The van der Waals surface area contributed by atoms with Gasteiger partial charge < -0.3 is 4.42 Å². The van der Waals surface area contributed by atoms with Crippen molar-refractivity contribution in [2.75, 3.05) is 0 Å². The Hall–Kier alpha value is -3.23. The van der Waals surface area contributed by atoms with Crippen LogP contribution in [-0.2, 0) is 19.7 Å². The molecule has 4 aromatic rings. The van der Waals surface area contributed by atoms with E-state index in [1.807, 2.05) is 32.9 Å². The summed E-state index contributed by atoms with van der Waals surface area (Å²) in [5.41, 5.74) is 3.20. The van der Waals surface area contributed by atoms with Crippen LogP contribution in [0.25, 0.3) is 11.5 Å². The summed E-state index contributed by atoms with van der Waals surface area (Å²) in [6.45, 7) is 5.56. The van der Waals surface area contributed by atoms with Crippen LogP contribution in [0.4, 0.5) is 0 Å². The Morgan fingerprint density at radius 3 is 1.47 bits per heavy atom. The number of rotatable bonds is 5. The van der Waals surface area contributed by atoms with Crippen molar-refractivity contribution in [3.63, 3.8) is 0 Å². The second-order valence-electron chi connectivity index (χ2n) is 7.61. The van der Waals surface area contributed by atoms with Crippen LogP contribution >= 0.6 is 0 Å². The fraction of sp³-hybridized carbons (Fsp3) is 0.125. The predicted octanol–water partition coefficient (Wildman–Crippen LogP) is 4.93. The van der Waals surface area contributed by atoms with Crippen molar-refractivity contribution in [2.45, 2.75) is 40.7 Å². The molecule has 3 aromatic carbocycles. The average molecular weight is 468 g/mol. The zero-order chi connectivity index (χ0) is 23.1. The Labute approximate surface area is 187 Å². The summed E-state index contributed by atoms with van der Waals surface area (Å²) in [5, 5.41) is -1.32. The van der Waals surface area contributed by atoms with E-state index in [1.165, 1.54) is 24.3 Å². The Morgan fingerprint density at radius 1 is 0.594 bits per heavy atom. The molecule has 0 N–H and O–H groups in total. The van der Waals surface area contributed by atoms with E-state index in [-0.39, 0.29) is 15.7 Å². The number of nitrogens with zero attached hydrogens (tertiary/aromatic N) is 1. The molecule has 0 bridgehead atoms. The number of aryl methyl sites for hydroxylation is 3. The van der Waals surface area contributed by atoms with Crippen LogP contribution in [-0.4, -0.2) is 21.8 Å². The fourth-order valence-corrected chi connectivity index (χ4v) is 6.12. The van der Waals surface area contributed by atoms with Gasteiger partial charge in [-0.2, -0.15) is 4.98 Å². The molecule has 0 aliphatic rings. The third kappa shape index (κ3) is 3.99. The number of sulfone groups is 2. The van der Waals surface area contributed by atoms with Crippen LogP contribution < -0.4 is 0 Å². The summed E-state index contributed by atoms with van der Waals surface area (Å²) < 4.78 is 59.3. The molecule has 4 rings (SSSR count). The second kappa shape index (κ2) is 8.03. The van der Waals surface area contributed by atoms with Crippen molar-refractivity contribution in [3.8, 4) is 11.5 Å². The topological polar surface area (TPSA) is 94.3 Å². The van der Waals surface area contributed by atoms with Crippen molar-refractivity contribution in [3.05, 3.63) is 89.5 Å². The Morgan fingerprint density at radius 2 is 1.00 bits per heavy atom. The van der Waals surface area contributed by atoms with Crippen LogP contribution in [0.2, 0.25) is 0 Å². The summed E-state index contributed by atoms with van der Waals surface area (Å²) in [7, 11) is -8.55. The van der Waals surface area contributed by atoms with Crippen molar-refractivity contribution >= 4 is 19.7 Å². The molecule has 1 heterocycles. The lowest BCUT2D eigenvalue weighted by molar-refractivity contribution is 0.445. The normalized spacial score (nSPS) is 12.1. The van der Waals surface area contributed by atoms with E-state index in [4.69, 9.17) is 4.42 Å². The van der Waals surface area contributed by atoms with Crippen molar-refractivity contribution in [2.24, 2.45) is 0 Å². The lowest BCUT2D eigenvalue weighted by Gasteiger charge is -2.06. The molecule has 0 aliphatic carbocycles. The van der Waals surface area contributed by atoms with Crippen LogP contribution in [0, 0.1) is 20.8 Å². The number of benzene rings is 3. The van der Waals surface area contributed by atoms with E-state index in [9.17, 15) is 16.8 Å². The Kier molecular flexibility index (Phi) is 5.52. The molecule has 0 atom stereocenters. The first-order chi connectivity index (χ1) is 15.1. The predicted molar refractivity (Wildman–Crippen MR) is 120 cm³/mol. The lowest BCUT2D eigenvalue weighted by Crippen LogP contribution is -2.10. The Bertz CT molecular complexity index is 1390. The maximum Gasteiger partial charge on any atom is 0.263 e. The molecule has 8 heteroatoms. The van der Waals surface area contributed by atoms with E-state index in [1.54, 1.807) is 36.4 Å². The third-order valence-corrected chi connectivity index (χ3v) is 8.49. The van der Waals surface area contributed by atoms with Gasteiger partial charge in [0.05, 0.1) is 9.79 Å². The highest BCUT2D eigenvalue weighted by Gasteiger charge is 2.36. The standard InChI is InChI=1S/C24H21NO5S2/c1-16-4-10-19(11-5-16)22-25-23(31(26,27)20-12-6-17(2)7-13-20)24(30-22)32(28,29)21-14-8-18(3)9-15-21/h4-15H,1-3H3. The van der Waals surface area contributed by atoms with Gasteiger partial charge in [-0.1, -0.05) is 53.1 Å². The minimum Gasteiger partial charge on any atom is -0.423 e. The molecule has 0 unspecified atom stereocenters. The fourth-order valence-electron chi connectivity index (χ4n) is 3.10. The zero-order valence-electron chi connectivity index (χ0n) is 17.7. The van der Waals surface area contributed by atoms with Gasteiger partial charge in [-0.15, -0.1) is 0 Å². The first-order valence-electron chi connectivity index (χ1n) is 9.80. The van der Waals surface area contributed by atoms with Crippen molar-refractivity contribution in [1.29, 1.82) is 0 Å². The van der Waals surface area contributed by atoms with Gasteiger partial charge in [-0.25, -0.2) is 16.8 Å². The zero-order valence-corrected chi connectivity index (χ0v) is 19.4. The van der Waals surface area contributed by atoms with Crippen LogP contribution in [0.5, 0.6) is 0 Å². The molecule has 0 aliphatic heterocycles. The maximum atomic E-state index is 13.4. The van der Waals surface area contributed by atoms with Crippen LogP contribution in [0.15, 0.2) is 97.1 Å². The first-order valence-corrected chi connectivity index (χ1v) is 12.8. The van der Waals surface area contributed by atoms with Gasteiger partial charge in [0.15, 0.2) is 0 Å². The summed E-state index contributed by atoms with van der Waals surface area (Å²) in [5.74, 6) is -0.0821. The van der Waals surface area contributed by atoms with E-state index in [0.29, 0.717) is 5.56 Å². The van der Waals surface area contributed by atoms with Gasteiger partial charge in [0.25, 0.3) is 5.09 Å². The summed E-state index contributed by atoms with van der Waals surface area (Å²) in [6.07, 6.45) is 0. The van der Waals surface area contributed by atoms with Gasteiger partial charge in [0.2, 0.25) is 30.6 Å². The molecule has 164 valence electrons. The summed E-state index contributed by atoms with van der Waals surface area (Å²) >= 11 is 0. The van der Waals surface area contributed by atoms with Crippen LogP contribution in [0.3, 0.4) is 0 Å². The molecule has 0 saturated carbocycles. The number of aromatic nitrogens is 1. The molecule has 6 nitrogen and oxygen atoms in total. The van der Waals surface area contributed by atoms with E-state index >= 15 is 0 Å². The highest BCUT2D eigenvalue weighted by molar-refractivity contribution is 7.94. The van der Waals surface area contributed by atoms with Gasteiger partial charge >= 0.3 is 0 Å². The van der Waals surface area contributed by atoms with Gasteiger partial charge in [0.1, 0.15) is 0 Å². The minimum atomic E-state index is -4.29. The molecule has 32 heavy (non-hydrogen) atoms. The Balaban J connectivity index is 1.96. The van der Waals surface area contributed by atoms with Crippen molar-refractivity contribution in [1.82, 2.24) is 4.98 Å². The molecule has 0 fully saturated rings. The third-order valence-electron chi connectivity index (χ3n) is 5.03. The van der Waals surface area contributed by atoms with E-state index in [0.717, 1.165) is 16.7 Å². The molecule has 0 saturated heterocycles. The molecular weight excluding hydrogens is 446 g/mol. The summed E-state index contributed by atoms with van der Waals surface area (Å²) in [6, 6.07) is 19.3. The summed E-state index contributed by atoms with van der Waals surface area (Å²) in [4.78, 5) is 4.02. The monoisotopic (exact) mass is 467 g/mol.